The number of nitroso groups, excluding NO2 is 1. The zero-order chi connectivity index (χ0) is 15.3. The first kappa shape index (κ1) is 15.9. The Morgan fingerprint density at radius 2 is 2.20 bits per heavy atom. The van der Waals surface area contributed by atoms with Crippen molar-refractivity contribution in [1.29, 1.82) is 0 Å². The zero-order valence-electron chi connectivity index (χ0n) is 11.5. The Labute approximate surface area is 121 Å². The molecule has 0 radical (unpaired) electrons. The first-order valence-corrected chi connectivity index (χ1v) is 6.55. The minimum Gasteiger partial charge on any atom is -0.234 e. The number of nitro groups is 1. The smallest absolute Gasteiger partial charge is 0.171 e. The van der Waals surface area contributed by atoms with Gasteiger partial charge < -0.3 is 0 Å². The lowest BCUT2D eigenvalue weighted by molar-refractivity contribution is -0.610. The number of nitrogens with zero attached hydrogens (tertiary/aromatic N) is 3. The summed E-state index contributed by atoms with van der Waals surface area (Å²) in [6.07, 6.45) is 3.40. The number of benzene rings is 1. The lowest BCUT2D eigenvalue weighted by atomic mass is 9.99. The molecule has 0 saturated carbocycles. The Kier molecular flexibility index (Phi) is 5.45. The van der Waals surface area contributed by atoms with Crippen LogP contribution < -0.4 is 0 Å². The van der Waals surface area contributed by atoms with E-state index in [0.717, 1.165) is 27.5 Å². The topological polar surface area (TPSA) is 75.8 Å². The minimum absolute atomic E-state index is 0.314. The molecule has 0 fully saturated rings. The van der Waals surface area contributed by atoms with E-state index in [-0.39, 0.29) is 0 Å². The van der Waals surface area contributed by atoms with Crippen LogP contribution in [-0.4, -0.2) is 16.5 Å². The van der Waals surface area contributed by atoms with Crippen molar-refractivity contribution in [2.24, 2.45) is 5.18 Å². The van der Waals surface area contributed by atoms with Crippen LogP contribution >= 0.6 is 11.9 Å². The first-order valence-electron chi connectivity index (χ1n) is 5.78. The molecular formula is C13H15N3O3S. The summed E-state index contributed by atoms with van der Waals surface area (Å²) in [5.41, 5.74) is 2.52. The molecule has 0 bridgehead atoms. The summed E-state index contributed by atoms with van der Waals surface area (Å²) in [5.74, 6) is 0. The predicted octanol–water partition coefficient (Wildman–Crippen LogP) is 4.17. The maximum absolute atomic E-state index is 10.8. The van der Waals surface area contributed by atoms with Gasteiger partial charge in [0.2, 0.25) is 0 Å². The molecule has 0 spiro atoms. The second-order valence-electron chi connectivity index (χ2n) is 3.92. The molecule has 1 aromatic carbocycles. The van der Waals surface area contributed by atoms with Gasteiger partial charge in [-0.05, 0) is 36.2 Å². The van der Waals surface area contributed by atoms with Gasteiger partial charge in [-0.2, -0.15) is 0 Å². The van der Waals surface area contributed by atoms with Crippen molar-refractivity contribution < 1.29 is 5.03 Å². The number of hydrazine groups is 1. The van der Waals surface area contributed by atoms with E-state index in [2.05, 4.69) is 11.8 Å². The highest BCUT2D eigenvalue weighted by atomic mass is 32.2. The highest BCUT2D eigenvalue weighted by molar-refractivity contribution is 8.06. The van der Waals surface area contributed by atoms with Crippen molar-refractivity contribution in [1.82, 2.24) is 4.41 Å². The molecule has 6 nitrogen and oxygen atoms in total. The van der Waals surface area contributed by atoms with Crippen molar-refractivity contribution in [3.8, 4) is 0 Å². The molecule has 0 aliphatic rings. The lowest BCUT2D eigenvalue weighted by Gasteiger charge is -2.15. The molecule has 0 aromatic heterocycles. The Hall–Kier alpha value is -2.15. The highest BCUT2D eigenvalue weighted by Crippen LogP contribution is 2.37. The Balaban J connectivity index is 3.37. The molecule has 0 aliphatic heterocycles. The fourth-order valence-electron chi connectivity index (χ4n) is 1.74. The fraction of sp³-hybridized carbons (Fsp3) is 0.231. The van der Waals surface area contributed by atoms with Crippen LogP contribution in [0, 0.1) is 21.9 Å². The predicted molar refractivity (Wildman–Crippen MR) is 82.7 cm³/mol. The Morgan fingerprint density at radius 3 is 2.65 bits per heavy atom. The van der Waals surface area contributed by atoms with E-state index in [1.807, 2.05) is 0 Å². The summed E-state index contributed by atoms with van der Waals surface area (Å²) in [7, 11) is 1.36. The minimum atomic E-state index is -0.515. The molecule has 0 amide bonds. The lowest BCUT2D eigenvalue weighted by Crippen LogP contribution is -2.17. The van der Waals surface area contributed by atoms with Crippen molar-refractivity contribution in [2.75, 3.05) is 7.05 Å². The molecule has 0 heterocycles. The van der Waals surface area contributed by atoms with E-state index in [0.29, 0.717) is 16.2 Å². The molecule has 7 heteroatoms. The second-order valence-corrected chi connectivity index (χ2v) is 5.07. The SMILES string of the molecule is C=Cc1ccc(N=O)c(C)c1/C(=C\C)SN(C)[N+](=O)[O-]. The molecule has 20 heavy (non-hydrogen) atoms. The van der Waals surface area contributed by atoms with Gasteiger partial charge >= 0.3 is 0 Å². The number of rotatable bonds is 6. The van der Waals surface area contributed by atoms with Gasteiger partial charge in [-0.25, -0.2) is 10.1 Å². The third-order valence-electron chi connectivity index (χ3n) is 2.76. The van der Waals surface area contributed by atoms with Crippen LogP contribution in [0.3, 0.4) is 0 Å². The van der Waals surface area contributed by atoms with E-state index in [4.69, 9.17) is 0 Å². The average Bonchev–Trinajstić information content (AvgIpc) is 2.44. The molecule has 0 atom stereocenters. The maximum atomic E-state index is 10.8. The number of hydrogen-bond donors (Lipinski definition) is 0. The monoisotopic (exact) mass is 293 g/mol. The van der Waals surface area contributed by atoms with Crippen LogP contribution in [0.1, 0.15) is 23.6 Å². The first-order chi connectivity index (χ1) is 9.46. The van der Waals surface area contributed by atoms with E-state index in [9.17, 15) is 15.0 Å². The molecule has 0 aliphatic carbocycles. The van der Waals surface area contributed by atoms with Crippen LogP contribution in [-0.2, 0) is 0 Å². The summed E-state index contributed by atoms with van der Waals surface area (Å²) in [6, 6.07) is 3.33. The molecule has 0 saturated heterocycles. The molecule has 0 unspecified atom stereocenters. The van der Waals surface area contributed by atoms with Gasteiger partial charge in [-0.15, -0.1) is 4.91 Å². The molecule has 0 N–H and O–H groups in total. The van der Waals surface area contributed by atoms with E-state index < -0.39 is 5.03 Å². The van der Waals surface area contributed by atoms with Crippen LogP contribution in [0.4, 0.5) is 5.69 Å². The van der Waals surface area contributed by atoms with E-state index in [1.165, 1.54) is 7.05 Å². The van der Waals surface area contributed by atoms with Crippen molar-refractivity contribution in [2.45, 2.75) is 13.8 Å². The molecule has 1 aromatic rings. The normalized spacial score (nSPS) is 11.1. The summed E-state index contributed by atoms with van der Waals surface area (Å²) < 4.78 is 0.905. The molecule has 106 valence electrons. The van der Waals surface area contributed by atoms with Gasteiger partial charge in [0.1, 0.15) is 5.69 Å². The fourth-order valence-corrected chi connectivity index (χ4v) is 2.55. The van der Waals surface area contributed by atoms with Crippen molar-refractivity contribution >= 4 is 28.6 Å². The van der Waals surface area contributed by atoms with Crippen LogP contribution in [0.15, 0.2) is 30.0 Å². The van der Waals surface area contributed by atoms with E-state index in [1.54, 1.807) is 38.1 Å². The van der Waals surface area contributed by atoms with Gasteiger partial charge in [0.25, 0.3) is 0 Å². The summed E-state index contributed by atoms with van der Waals surface area (Å²) in [5, 5.41) is 13.2. The number of hydrogen-bond acceptors (Lipinski definition) is 5. The summed E-state index contributed by atoms with van der Waals surface area (Å²) in [4.78, 5) is 22.2. The van der Waals surface area contributed by atoms with Crippen molar-refractivity contribution in [3.05, 3.63) is 56.5 Å². The standard InChI is InChI=1S/C13H15N3O3S/c1-5-10-7-8-11(14-17)9(3)13(10)12(6-2)20-15(4)16(18)19/h5-8H,1H2,2-4H3/b12-6+. The largest absolute Gasteiger partial charge is 0.234 e. The Bertz CT molecular complexity index is 584. The van der Waals surface area contributed by atoms with Gasteiger partial charge in [0.15, 0.2) is 5.03 Å². The van der Waals surface area contributed by atoms with Gasteiger partial charge in [0, 0.05) is 10.5 Å². The molecular weight excluding hydrogens is 278 g/mol. The van der Waals surface area contributed by atoms with Crippen LogP contribution in [0.5, 0.6) is 0 Å². The maximum Gasteiger partial charge on any atom is 0.171 e. The highest BCUT2D eigenvalue weighted by Gasteiger charge is 2.18. The van der Waals surface area contributed by atoms with Gasteiger partial charge in [0.05, 0.1) is 19.0 Å². The third kappa shape index (κ3) is 3.24. The Morgan fingerprint density at radius 1 is 1.55 bits per heavy atom. The van der Waals surface area contributed by atoms with Crippen molar-refractivity contribution in [3.63, 3.8) is 0 Å². The quantitative estimate of drug-likeness (QED) is 0.340. The van der Waals surface area contributed by atoms with Gasteiger partial charge in [-0.3, -0.25) is 0 Å². The third-order valence-corrected chi connectivity index (χ3v) is 3.79. The average molecular weight is 293 g/mol. The van der Waals surface area contributed by atoms with E-state index >= 15 is 0 Å². The summed E-state index contributed by atoms with van der Waals surface area (Å²) >= 11 is 0.973. The number of allylic oxidation sites excluding steroid dienone is 1. The second kappa shape index (κ2) is 6.85. The van der Waals surface area contributed by atoms with Crippen LogP contribution in [0.2, 0.25) is 0 Å². The van der Waals surface area contributed by atoms with Crippen LogP contribution in [0.25, 0.3) is 11.0 Å². The van der Waals surface area contributed by atoms with Gasteiger partial charge in [-0.1, -0.05) is 29.2 Å². The molecule has 1 rings (SSSR count). The zero-order valence-corrected chi connectivity index (χ0v) is 12.3. The summed E-state index contributed by atoms with van der Waals surface area (Å²) in [6.45, 7) is 7.27.